The molecule has 0 fully saturated rings. The summed E-state index contributed by atoms with van der Waals surface area (Å²) < 4.78 is 6.98. The number of H-pyrrole nitrogens is 1. The van der Waals surface area contributed by atoms with Gasteiger partial charge in [-0.05, 0) is 67.9 Å². The van der Waals surface area contributed by atoms with Gasteiger partial charge >= 0.3 is 0 Å². The normalized spacial score (nSPS) is 11.7. The Morgan fingerprint density at radius 2 is 1.78 bits per heavy atom. The predicted molar refractivity (Wildman–Crippen MR) is 123 cm³/mol. The fourth-order valence-electron chi connectivity index (χ4n) is 3.62. The van der Waals surface area contributed by atoms with E-state index in [1.165, 1.54) is 0 Å². The number of carbonyl (C=O) groups is 1. The fourth-order valence-corrected chi connectivity index (χ4v) is 3.62. The van der Waals surface area contributed by atoms with Gasteiger partial charge in [-0.15, -0.1) is 0 Å². The summed E-state index contributed by atoms with van der Waals surface area (Å²) in [5, 5.41) is 7.36. The number of nitrogens with one attached hydrogen (secondary N) is 2. The van der Waals surface area contributed by atoms with E-state index < -0.39 is 11.5 Å². The summed E-state index contributed by atoms with van der Waals surface area (Å²) in [4.78, 5) is 28.2. The highest BCUT2D eigenvalue weighted by Crippen LogP contribution is 2.21. The molecule has 2 N–H and O–H groups in total. The van der Waals surface area contributed by atoms with Crippen LogP contribution in [0.15, 0.2) is 77.7 Å². The number of para-hydroxylation sites is 1. The standard InChI is InChI=1S/C25H24N4O3/c1-16(22-15-26-29(17(22)2)19-7-5-4-6-8-19)27-24(30)21-13-14-23(28-25(21)31)18-9-11-20(32-3)12-10-18/h4-16H,1-3H3,(H,27,30)(H,28,31). The molecule has 1 amide bonds. The van der Waals surface area contributed by atoms with Crippen molar-refractivity contribution in [1.29, 1.82) is 0 Å². The zero-order valence-electron chi connectivity index (χ0n) is 18.1. The Morgan fingerprint density at radius 3 is 2.44 bits per heavy atom. The van der Waals surface area contributed by atoms with Gasteiger partial charge in [0.2, 0.25) is 0 Å². The van der Waals surface area contributed by atoms with Crippen LogP contribution in [0.1, 0.15) is 34.6 Å². The van der Waals surface area contributed by atoms with Crippen LogP contribution >= 0.6 is 0 Å². The number of rotatable bonds is 6. The summed E-state index contributed by atoms with van der Waals surface area (Å²) >= 11 is 0. The second-order valence-corrected chi connectivity index (χ2v) is 7.47. The van der Waals surface area contributed by atoms with Crippen molar-refractivity contribution in [3.05, 3.63) is 100 Å². The topological polar surface area (TPSA) is 89.0 Å². The van der Waals surface area contributed by atoms with Gasteiger partial charge in [0.25, 0.3) is 11.5 Å². The van der Waals surface area contributed by atoms with Crippen LogP contribution < -0.4 is 15.6 Å². The van der Waals surface area contributed by atoms with Crippen molar-refractivity contribution in [2.45, 2.75) is 19.9 Å². The quantitative estimate of drug-likeness (QED) is 0.485. The number of amides is 1. The Balaban J connectivity index is 1.51. The van der Waals surface area contributed by atoms with E-state index in [1.807, 2.05) is 73.1 Å². The molecule has 162 valence electrons. The first kappa shape index (κ1) is 21.1. The monoisotopic (exact) mass is 428 g/mol. The van der Waals surface area contributed by atoms with E-state index in [4.69, 9.17) is 4.74 Å². The number of nitrogens with zero attached hydrogens (tertiary/aromatic N) is 2. The SMILES string of the molecule is COc1ccc(-c2ccc(C(=O)NC(C)c3cnn(-c4ccccc4)c3C)c(=O)[nH]2)cc1. The minimum absolute atomic E-state index is 0.0576. The number of methoxy groups -OCH3 is 1. The number of hydrogen-bond acceptors (Lipinski definition) is 4. The fraction of sp³-hybridized carbons (Fsp3) is 0.160. The first-order chi connectivity index (χ1) is 15.5. The summed E-state index contributed by atoms with van der Waals surface area (Å²) in [7, 11) is 1.60. The Morgan fingerprint density at radius 1 is 1.06 bits per heavy atom. The second kappa shape index (κ2) is 8.93. The van der Waals surface area contributed by atoms with Gasteiger partial charge in [0.15, 0.2) is 0 Å². The summed E-state index contributed by atoms with van der Waals surface area (Å²) in [6, 6.07) is 20.0. The Kier molecular flexibility index (Phi) is 5.89. The molecular weight excluding hydrogens is 404 g/mol. The minimum atomic E-state index is -0.445. The van der Waals surface area contributed by atoms with Crippen LogP contribution in [-0.4, -0.2) is 27.8 Å². The summed E-state index contributed by atoms with van der Waals surface area (Å²) in [6.07, 6.45) is 1.74. The molecule has 0 aliphatic carbocycles. The molecule has 0 radical (unpaired) electrons. The van der Waals surface area contributed by atoms with Crippen LogP contribution in [0, 0.1) is 6.92 Å². The van der Waals surface area contributed by atoms with Gasteiger partial charge in [0, 0.05) is 17.0 Å². The number of pyridine rings is 1. The number of ether oxygens (including phenoxy) is 1. The summed E-state index contributed by atoms with van der Waals surface area (Å²) in [5.41, 5.74) is 3.82. The highest BCUT2D eigenvalue weighted by molar-refractivity contribution is 5.94. The van der Waals surface area contributed by atoms with Gasteiger partial charge in [0.1, 0.15) is 11.3 Å². The zero-order valence-corrected chi connectivity index (χ0v) is 18.1. The Labute approximate surface area is 185 Å². The third-order valence-electron chi connectivity index (χ3n) is 5.42. The second-order valence-electron chi connectivity index (χ2n) is 7.47. The lowest BCUT2D eigenvalue weighted by Crippen LogP contribution is -2.31. The molecule has 0 bridgehead atoms. The molecular formula is C25H24N4O3. The van der Waals surface area contributed by atoms with E-state index >= 15 is 0 Å². The Bertz CT molecular complexity index is 1290. The van der Waals surface area contributed by atoms with Crippen LogP contribution in [0.25, 0.3) is 16.9 Å². The third kappa shape index (κ3) is 4.18. The largest absolute Gasteiger partial charge is 0.497 e. The van der Waals surface area contributed by atoms with Crippen molar-refractivity contribution in [1.82, 2.24) is 20.1 Å². The van der Waals surface area contributed by atoms with E-state index in [2.05, 4.69) is 15.4 Å². The molecule has 2 heterocycles. The maximum Gasteiger partial charge on any atom is 0.261 e. The number of benzene rings is 2. The summed E-state index contributed by atoms with van der Waals surface area (Å²) in [5.74, 6) is 0.291. The molecule has 32 heavy (non-hydrogen) atoms. The molecule has 7 nitrogen and oxygen atoms in total. The molecule has 7 heteroatoms. The third-order valence-corrected chi connectivity index (χ3v) is 5.42. The number of aromatic nitrogens is 3. The van der Waals surface area contributed by atoms with Crippen LogP contribution in [0.5, 0.6) is 5.75 Å². The molecule has 0 aliphatic heterocycles. The highest BCUT2D eigenvalue weighted by atomic mass is 16.5. The molecule has 4 rings (SSSR count). The van der Waals surface area contributed by atoms with E-state index in [-0.39, 0.29) is 11.6 Å². The van der Waals surface area contributed by atoms with Crippen LogP contribution in [0.2, 0.25) is 0 Å². The van der Waals surface area contributed by atoms with Crippen molar-refractivity contribution >= 4 is 5.91 Å². The van der Waals surface area contributed by atoms with Crippen molar-refractivity contribution in [3.8, 4) is 22.7 Å². The number of carbonyl (C=O) groups excluding carboxylic acids is 1. The molecule has 2 aromatic heterocycles. The average Bonchev–Trinajstić information content (AvgIpc) is 3.21. The van der Waals surface area contributed by atoms with Gasteiger partial charge in [-0.2, -0.15) is 5.10 Å². The maximum absolute atomic E-state index is 12.8. The smallest absolute Gasteiger partial charge is 0.261 e. The van der Waals surface area contributed by atoms with Crippen LogP contribution in [0.3, 0.4) is 0 Å². The van der Waals surface area contributed by atoms with Crippen LogP contribution in [0.4, 0.5) is 0 Å². The van der Waals surface area contributed by atoms with E-state index in [0.29, 0.717) is 5.69 Å². The van der Waals surface area contributed by atoms with E-state index in [9.17, 15) is 9.59 Å². The van der Waals surface area contributed by atoms with E-state index in [0.717, 1.165) is 28.3 Å². The first-order valence-corrected chi connectivity index (χ1v) is 10.3. The summed E-state index contributed by atoms with van der Waals surface area (Å²) in [6.45, 7) is 3.83. The molecule has 1 atom stereocenters. The van der Waals surface area contributed by atoms with Gasteiger partial charge in [0.05, 0.1) is 25.0 Å². The van der Waals surface area contributed by atoms with Gasteiger partial charge < -0.3 is 15.0 Å². The van der Waals surface area contributed by atoms with E-state index in [1.54, 1.807) is 25.4 Å². The maximum atomic E-state index is 12.8. The van der Waals surface area contributed by atoms with Crippen molar-refractivity contribution < 1.29 is 9.53 Å². The van der Waals surface area contributed by atoms with Gasteiger partial charge in [-0.1, -0.05) is 18.2 Å². The molecule has 0 spiro atoms. The lowest BCUT2D eigenvalue weighted by atomic mass is 10.1. The molecule has 0 aliphatic rings. The molecule has 4 aromatic rings. The molecule has 0 saturated heterocycles. The highest BCUT2D eigenvalue weighted by Gasteiger charge is 2.19. The van der Waals surface area contributed by atoms with Gasteiger partial charge in [-0.3, -0.25) is 9.59 Å². The molecule has 0 saturated carbocycles. The predicted octanol–water partition coefficient (Wildman–Crippen LogP) is 4.04. The van der Waals surface area contributed by atoms with Crippen molar-refractivity contribution in [3.63, 3.8) is 0 Å². The van der Waals surface area contributed by atoms with Crippen LogP contribution in [-0.2, 0) is 0 Å². The number of aromatic amines is 1. The average molecular weight is 428 g/mol. The van der Waals surface area contributed by atoms with Crippen molar-refractivity contribution in [2.75, 3.05) is 7.11 Å². The van der Waals surface area contributed by atoms with Crippen molar-refractivity contribution in [2.24, 2.45) is 0 Å². The Hall–Kier alpha value is -4.13. The minimum Gasteiger partial charge on any atom is -0.497 e. The first-order valence-electron chi connectivity index (χ1n) is 10.3. The lowest BCUT2D eigenvalue weighted by Gasteiger charge is -2.14. The van der Waals surface area contributed by atoms with Gasteiger partial charge in [-0.25, -0.2) is 4.68 Å². The molecule has 2 aromatic carbocycles. The molecule has 1 unspecified atom stereocenters. The lowest BCUT2D eigenvalue weighted by molar-refractivity contribution is 0.0938. The number of hydrogen-bond donors (Lipinski definition) is 2. The zero-order chi connectivity index (χ0) is 22.7.